The lowest BCUT2D eigenvalue weighted by Crippen LogP contribution is -2.10. The van der Waals surface area contributed by atoms with E-state index in [-0.39, 0.29) is 5.41 Å². The van der Waals surface area contributed by atoms with Gasteiger partial charge in [0.15, 0.2) is 5.69 Å². The van der Waals surface area contributed by atoms with Crippen LogP contribution >= 0.6 is 0 Å². The second-order valence-corrected chi connectivity index (χ2v) is 7.42. The Hall–Kier alpha value is -3.13. The minimum atomic E-state index is 0.140. The quantitative estimate of drug-likeness (QED) is 0.753. The summed E-state index contributed by atoms with van der Waals surface area (Å²) >= 11 is 0. The van der Waals surface area contributed by atoms with Gasteiger partial charge in [-0.25, -0.2) is 5.10 Å². The lowest BCUT2D eigenvalue weighted by molar-refractivity contribution is 0.306. The van der Waals surface area contributed by atoms with Gasteiger partial charge in [0, 0.05) is 5.56 Å². The highest BCUT2D eigenvalue weighted by atomic mass is 16.5. The number of nitrogens with one attached hydrogen (secondary N) is 1. The number of aromatic nitrogens is 3. The topological polar surface area (TPSA) is 74.6 Å². The number of aromatic amines is 1. The molecule has 132 valence electrons. The maximum atomic E-state index is 9.15. The number of hydrogen-bond donors (Lipinski definition) is 1. The van der Waals surface area contributed by atoms with Crippen LogP contribution in [0.3, 0.4) is 0 Å². The molecule has 1 heterocycles. The van der Waals surface area contributed by atoms with Crippen LogP contribution in [0.5, 0.6) is 5.75 Å². The fourth-order valence-corrected chi connectivity index (χ4v) is 2.74. The van der Waals surface area contributed by atoms with Crippen LogP contribution in [0.1, 0.15) is 43.2 Å². The number of ether oxygens (including phenoxy) is 1. The molecule has 0 aliphatic rings. The predicted molar refractivity (Wildman–Crippen MR) is 101 cm³/mol. The van der Waals surface area contributed by atoms with Crippen molar-refractivity contribution in [2.75, 3.05) is 0 Å². The zero-order valence-electron chi connectivity index (χ0n) is 15.5. The molecule has 0 bridgehead atoms. The van der Waals surface area contributed by atoms with Gasteiger partial charge >= 0.3 is 0 Å². The van der Waals surface area contributed by atoms with Gasteiger partial charge in [-0.3, -0.25) is 0 Å². The molecule has 0 atom stereocenters. The van der Waals surface area contributed by atoms with E-state index in [0.29, 0.717) is 18.0 Å². The fraction of sp³-hybridized carbons (Fsp3) is 0.286. The molecule has 3 rings (SSSR count). The molecule has 26 heavy (non-hydrogen) atoms. The molecule has 0 saturated carbocycles. The molecule has 3 aromatic rings. The Balaban J connectivity index is 1.78. The van der Waals surface area contributed by atoms with Crippen molar-refractivity contribution in [2.24, 2.45) is 0 Å². The Kier molecular flexibility index (Phi) is 4.77. The van der Waals surface area contributed by atoms with Crippen LogP contribution in [-0.2, 0) is 12.0 Å². The molecule has 0 fully saturated rings. The summed E-state index contributed by atoms with van der Waals surface area (Å²) < 4.78 is 5.97. The molecule has 0 aliphatic heterocycles. The first-order chi connectivity index (χ1) is 12.4. The Morgan fingerprint density at radius 3 is 2.50 bits per heavy atom. The molecule has 0 saturated heterocycles. The van der Waals surface area contributed by atoms with Crippen LogP contribution in [0, 0.1) is 18.3 Å². The largest absolute Gasteiger partial charge is 0.489 e. The summed E-state index contributed by atoms with van der Waals surface area (Å²) in [5.41, 5.74) is 5.28. The highest BCUT2D eigenvalue weighted by Crippen LogP contribution is 2.27. The van der Waals surface area contributed by atoms with Gasteiger partial charge < -0.3 is 4.74 Å². The zero-order valence-corrected chi connectivity index (χ0v) is 15.5. The van der Waals surface area contributed by atoms with Crippen molar-refractivity contribution >= 4 is 0 Å². The average molecular weight is 346 g/mol. The first-order valence-corrected chi connectivity index (χ1v) is 8.52. The van der Waals surface area contributed by atoms with Gasteiger partial charge in [-0.2, -0.15) is 5.26 Å². The summed E-state index contributed by atoms with van der Waals surface area (Å²) in [7, 11) is 0. The number of nitrogens with zero attached hydrogens (tertiary/aromatic N) is 3. The van der Waals surface area contributed by atoms with Crippen LogP contribution in [0.4, 0.5) is 0 Å². The predicted octanol–water partition coefficient (Wildman–Crippen LogP) is 4.53. The van der Waals surface area contributed by atoms with Gasteiger partial charge in [0.05, 0.1) is 0 Å². The van der Waals surface area contributed by atoms with E-state index >= 15 is 0 Å². The normalized spacial score (nSPS) is 11.2. The molecule has 0 spiro atoms. The Bertz CT molecular complexity index is 943. The highest BCUT2D eigenvalue weighted by Gasteiger charge is 2.13. The van der Waals surface area contributed by atoms with Crippen molar-refractivity contribution in [3.63, 3.8) is 0 Å². The maximum Gasteiger partial charge on any atom is 0.163 e. The number of hydrogen-bond acceptors (Lipinski definition) is 4. The lowest BCUT2D eigenvalue weighted by atomic mass is 9.87. The van der Waals surface area contributed by atoms with Crippen LogP contribution in [0.2, 0.25) is 0 Å². The third-order valence-corrected chi connectivity index (χ3v) is 4.21. The van der Waals surface area contributed by atoms with Crippen molar-refractivity contribution < 1.29 is 4.74 Å². The third kappa shape index (κ3) is 3.92. The minimum absolute atomic E-state index is 0.140. The van der Waals surface area contributed by atoms with Gasteiger partial charge in [-0.1, -0.05) is 50.3 Å². The standard InChI is InChI=1S/C21H22N4O/c1-14-9-16(20-19(12-22)23-25-24-20)11-18(10-14)26-13-15-5-7-17(8-6-15)21(2,3)4/h5-11H,13H2,1-4H3,(H,23,24,25). The third-order valence-electron chi connectivity index (χ3n) is 4.21. The zero-order chi connectivity index (χ0) is 18.7. The van der Waals surface area contributed by atoms with Gasteiger partial charge in [-0.05, 0) is 47.2 Å². The summed E-state index contributed by atoms with van der Waals surface area (Å²) in [6.07, 6.45) is 0. The number of rotatable bonds is 4. The monoisotopic (exact) mass is 346 g/mol. The molecule has 0 amide bonds. The summed E-state index contributed by atoms with van der Waals surface area (Å²) in [6, 6.07) is 16.4. The van der Waals surface area contributed by atoms with Gasteiger partial charge in [0.1, 0.15) is 24.1 Å². The van der Waals surface area contributed by atoms with Gasteiger partial charge in [0.25, 0.3) is 0 Å². The summed E-state index contributed by atoms with van der Waals surface area (Å²) in [5, 5.41) is 19.5. The molecular formula is C21H22N4O. The van der Waals surface area contributed by atoms with Crippen molar-refractivity contribution in [1.82, 2.24) is 15.4 Å². The van der Waals surface area contributed by atoms with E-state index in [1.807, 2.05) is 25.1 Å². The van der Waals surface area contributed by atoms with Crippen LogP contribution in [-0.4, -0.2) is 15.4 Å². The number of benzene rings is 2. The maximum absolute atomic E-state index is 9.15. The number of nitriles is 1. The average Bonchev–Trinajstić information content (AvgIpc) is 3.08. The van der Waals surface area contributed by atoms with Crippen LogP contribution < -0.4 is 4.74 Å². The van der Waals surface area contributed by atoms with Gasteiger partial charge in [0.2, 0.25) is 0 Å². The van der Waals surface area contributed by atoms with E-state index < -0.39 is 0 Å². The second-order valence-electron chi connectivity index (χ2n) is 7.42. The SMILES string of the molecule is Cc1cc(OCc2ccc(C(C)(C)C)cc2)cc(-c2nn[nH]c2C#N)c1. The molecule has 1 aromatic heterocycles. The number of aryl methyl sites for hydroxylation is 1. The van der Waals surface area contributed by atoms with E-state index in [0.717, 1.165) is 22.4 Å². The van der Waals surface area contributed by atoms with Crippen molar-refractivity contribution in [3.05, 3.63) is 64.8 Å². The first-order valence-electron chi connectivity index (χ1n) is 8.52. The molecule has 5 nitrogen and oxygen atoms in total. The van der Waals surface area contributed by atoms with E-state index in [1.165, 1.54) is 5.56 Å². The van der Waals surface area contributed by atoms with E-state index in [1.54, 1.807) is 0 Å². The Morgan fingerprint density at radius 1 is 1.12 bits per heavy atom. The van der Waals surface area contributed by atoms with E-state index in [9.17, 15) is 0 Å². The van der Waals surface area contributed by atoms with Gasteiger partial charge in [-0.15, -0.1) is 5.10 Å². The Labute approximate surface area is 153 Å². The summed E-state index contributed by atoms with van der Waals surface area (Å²) in [5.74, 6) is 0.742. The molecule has 0 radical (unpaired) electrons. The van der Waals surface area contributed by atoms with E-state index in [2.05, 4.69) is 66.5 Å². The molecule has 1 N–H and O–H groups in total. The number of H-pyrrole nitrogens is 1. The first kappa shape index (κ1) is 17.7. The summed E-state index contributed by atoms with van der Waals surface area (Å²) in [6.45, 7) is 9.07. The van der Waals surface area contributed by atoms with Crippen molar-refractivity contribution in [1.29, 1.82) is 5.26 Å². The minimum Gasteiger partial charge on any atom is -0.489 e. The molecule has 0 aliphatic carbocycles. The smallest absolute Gasteiger partial charge is 0.163 e. The summed E-state index contributed by atoms with van der Waals surface area (Å²) in [4.78, 5) is 0. The second kappa shape index (κ2) is 7.01. The molecule has 2 aromatic carbocycles. The highest BCUT2D eigenvalue weighted by molar-refractivity contribution is 5.66. The van der Waals surface area contributed by atoms with E-state index in [4.69, 9.17) is 10.00 Å². The van der Waals surface area contributed by atoms with Crippen LogP contribution in [0.15, 0.2) is 42.5 Å². The van der Waals surface area contributed by atoms with Crippen LogP contribution in [0.25, 0.3) is 11.3 Å². The molecule has 5 heteroatoms. The fourth-order valence-electron chi connectivity index (χ4n) is 2.74. The van der Waals surface area contributed by atoms with Crippen molar-refractivity contribution in [3.8, 4) is 23.1 Å². The molecule has 0 unspecified atom stereocenters. The van der Waals surface area contributed by atoms with Crippen molar-refractivity contribution in [2.45, 2.75) is 39.7 Å². The lowest BCUT2D eigenvalue weighted by Gasteiger charge is -2.19. The molecular weight excluding hydrogens is 324 g/mol. The Morgan fingerprint density at radius 2 is 1.85 bits per heavy atom.